The number of aromatic nitrogens is 3. The number of hydrogen-bond donors (Lipinski definition) is 1. The highest BCUT2D eigenvalue weighted by Crippen LogP contribution is 2.37. The number of amides is 1. The molecule has 0 unspecified atom stereocenters. The Kier molecular flexibility index (Phi) is 5.43. The van der Waals surface area contributed by atoms with E-state index in [1.165, 1.54) is 6.07 Å². The molecule has 0 saturated carbocycles. The van der Waals surface area contributed by atoms with Gasteiger partial charge in [0.15, 0.2) is 5.16 Å². The van der Waals surface area contributed by atoms with Crippen LogP contribution in [0.1, 0.15) is 21.9 Å². The summed E-state index contributed by atoms with van der Waals surface area (Å²) in [6.45, 7) is 3.99. The van der Waals surface area contributed by atoms with E-state index in [0.29, 0.717) is 9.63 Å². The third-order valence-electron chi connectivity index (χ3n) is 3.85. The molecule has 0 radical (unpaired) electrons. The number of benzene rings is 2. The van der Waals surface area contributed by atoms with Crippen molar-refractivity contribution < 1.29 is 9.18 Å². The Hall–Kier alpha value is -2.19. The van der Waals surface area contributed by atoms with Gasteiger partial charge >= 0.3 is 0 Å². The van der Waals surface area contributed by atoms with Crippen LogP contribution in [0.25, 0.3) is 5.69 Å². The molecule has 0 spiro atoms. The van der Waals surface area contributed by atoms with Crippen LogP contribution in [-0.2, 0) is 4.79 Å². The zero-order valence-corrected chi connectivity index (χ0v) is 16.5. The molecule has 0 aliphatic rings. The highest BCUT2D eigenvalue weighted by Gasteiger charge is 2.25. The van der Waals surface area contributed by atoms with Crippen LogP contribution in [-0.4, -0.2) is 20.7 Å². The number of rotatable bonds is 5. The zero-order valence-electron chi connectivity index (χ0n) is 14.1. The first kappa shape index (κ1) is 18.6. The summed E-state index contributed by atoms with van der Waals surface area (Å²) in [5.74, 6) is -1.15. The number of carbonyl (C=O) groups excluding carboxylic acids is 1. The molecule has 1 heterocycles. The predicted molar refractivity (Wildman–Crippen MR) is 103 cm³/mol. The van der Waals surface area contributed by atoms with Crippen LogP contribution in [0.2, 0.25) is 0 Å². The lowest BCUT2D eigenvalue weighted by Crippen LogP contribution is -2.20. The number of nitrogens with two attached hydrogens (primary N) is 1. The van der Waals surface area contributed by atoms with Crippen molar-refractivity contribution in [2.75, 3.05) is 0 Å². The molecule has 2 N–H and O–H groups in total. The van der Waals surface area contributed by atoms with Crippen LogP contribution >= 0.6 is 27.7 Å². The number of nitrogens with zero attached hydrogens (tertiary/aromatic N) is 3. The van der Waals surface area contributed by atoms with Crippen molar-refractivity contribution in [1.29, 1.82) is 0 Å². The molecule has 0 fully saturated rings. The summed E-state index contributed by atoms with van der Waals surface area (Å²) in [6.07, 6.45) is 1.57. The number of carbonyl (C=O) groups is 1. The van der Waals surface area contributed by atoms with E-state index < -0.39 is 17.0 Å². The maximum atomic E-state index is 14.3. The summed E-state index contributed by atoms with van der Waals surface area (Å²) in [7, 11) is 0. The van der Waals surface area contributed by atoms with E-state index in [-0.39, 0.29) is 5.56 Å². The lowest BCUT2D eigenvalue weighted by molar-refractivity contribution is -0.117. The van der Waals surface area contributed by atoms with Crippen LogP contribution in [0.3, 0.4) is 0 Å². The topological polar surface area (TPSA) is 73.8 Å². The van der Waals surface area contributed by atoms with Gasteiger partial charge in [0.25, 0.3) is 0 Å². The molecule has 5 nitrogen and oxygen atoms in total. The van der Waals surface area contributed by atoms with Gasteiger partial charge in [-0.05, 0) is 37.6 Å². The summed E-state index contributed by atoms with van der Waals surface area (Å²) < 4.78 is 16.7. The Balaban J connectivity index is 1.99. The first-order valence-corrected chi connectivity index (χ1v) is 9.42. The Bertz CT molecular complexity index is 976. The van der Waals surface area contributed by atoms with Gasteiger partial charge in [-0.1, -0.05) is 51.5 Å². The Morgan fingerprint density at radius 1 is 1.27 bits per heavy atom. The number of aryl methyl sites for hydroxylation is 2. The fourth-order valence-corrected chi connectivity index (χ4v) is 3.97. The van der Waals surface area contributed by atoms with Gasteiger partial charge in [-0.25, -0.2) is 4.39 Å². The lowest BCUT2D eigenvalue weighted by Gasteiger charge is -2.15. The van der Waals surface area contributed by atoms with Crippen molar-refractivity contribution in [3.8, 4) is 5.69 Å². The minimum absolute atomic E-state index is 0.209. The smallest absolute Gasteiger partial charge is 0.235 e. The summed E-state index contributed by atoms with van der Waals surface area (Å²) in [5, 5.41) is 7.57. The molecule has 0 aliphatic heterocycles. The minimum Gasteiger partial charge on any atom is -0.368 e. The quantitative estimate of drug-likeness (QED) is 0.613. The van der Waals surface area contributed by atoms with Crippen LogP contribution < -0.4 is 5.73 Å². The van der Waals surface area contributed by atoms with E-state index >= 15 is 0 Å². The molecular formula is C18H16BrFN4OS. The summed E-state index contributed by atoms with van der Waals surface area (Å²) >= 11 is 4.28. The van der Waals surface area contributed by atoms with Gasteiger partial charge < -0.3 is 5.73 Å². The van der Waals surface area contributed by atoms with Crippen molar-refractivity contribution in [3.63, 3.8) is 0 Å². The van der Waals surface area contributed by atoms with Crippen LogP contribution in [0.4, 0.5) is 4.39 Å². The third kappa shape index (κ3) is 3.81. The van der Waals surface area contributed by atoms with Crippen LogP contribution in [0.5, 0.6) is 0 Å². The molecule has 3 rings (SSSR count). The van der Waals surface area contributed by atoms with Gasteiger partial charge in [0.2, 0.25) is 5.91 Å². The molecule has 1 amide bonds. The van der Waals surface area contributed by atoms with E-state index in [0.717, 1.165) is 28.6 Å². The number of primary amides is 1. The molecule has 134 valence electrons. The molecule has 8 heteroatoms. The van der Waals surface area contributed by atoms with Crippen molar-refractivity contribution in [2.45, 2.75) is 24.3 Å². The first-order valence-electron chi connectivity index (χ1n) is 7.75. The molecule has 1 atom stereocenters. The van der Waals surface area contributed by atoms with Crippen molar-refractivity contribution in [1.82, 2.24) is 14.8 Å². The SMILES string of the molecule is Cc1ccc(-n2cnnc2S[C@@H](C(N)=O)c2ccc(Br)cc2F)c(C)c1. The molecule has 1 aromatic heterocycles. The molecule has 0 aliphatic carbocycles. The van der Waals surface area contributed by atoms with E-state index in [2.05, 4.69) is 26.1 Å². The third-order valence-corrected chi connectivity index (χ3v) is 5.56. The lowest BCUT2D eigenvalue weighted by atomic mass is 10.1. The van der Waals surface area contributed by atoms with Gasteiger partial charge in [-0.3, -0.25) is 9.36 Å². The van der Waals surface area contributed by atoms with E-state index in [4.69, 9.17) is 5.73 Å². The molecule has 0 bridgehead atoms. The first-order chi connectivity index (χ1) is 12.4. The van der Waals surface area contributed by atoms with Gasteiger partial charge in [-0.2, -0.15) is 0 Å². The number of thioether (sulfide) groups is 1. The highest BCUT2D eigenvalue weighted by atomic mass is 79.9. The molecule has 0 saturated heterocycles. The number of hydrogen-bond acceptors (Lipinski definition) is 4. The summed E-state index contributed by atoms with van der Waals surface area (Å²) in [6, 6.07) is 10.5. The minimum atomic E-state index is -0.920. The standard InChI is InChI=1S/C18H16BrFN4OS/c1-10-3-6-15(11(2)7-10)24-9-22-23-18(24)26-16(17(21)25)13-5-4-12(19)8-14(13)20/h3-9,16H,1-2H3,(H2,21,25)/t16-/m1/s1. The highest BCUT2D eigenvalue weighted by molar-refractivity contribution is 9.10. The van der Waals surface area contributed by atoms with E-state index in [1.807, 2.05) is 32.0 Å². The second-order valence-electron chi connectivity index (χ2n) is 5.84. The maximum Gasteiger partial charge on any atom is 0.235 e. The average Bonchev–Trinajstić information content (AvgIpc) is 3.01. The Labute approximate surface area is 162 Å². The molecule has 26 heavy (non-hydrogen) atoms. The normalized spacial score (nSPS) is 12.2. The summed E-state index contributed by atoms with van der Waals surface area (Å²) in [4.78, 5) is 12.0. The van der Waals surface area contributed by atoms with Gasteiger partial charge in [0.05, 0.1) is 5.69 Å². The van der Waals surface area contributed by atoms with E-state index in [9.17, 15) is 9.18 Å². The fraction of sp³-hybridized carbons (Fsp3) is 0.167. The van der Waals surface area contributed by atoms with Crippen molar-refractivity contribution >= 4 is 33.6 Å². The molecular weight excluding hydrogens is 419 g/mol. The Morgan fingerprint density at radius 2 is 2.04 bits per heavy atom. The van der Waals surface area contributed by atoms with Gasteiger partial charge in [-0.15, -0.1) is 10.2 Å². The predicted octanol–water partition coefficient (Wildman–Crippen LogP) is 4.10. The zero-order chi connectivity index (χ0) is 18.8. The van der Waals surface area contributed by atoms with E-state index in [1.54, 1.807) is 23.0 Å². The van der Waals surface area contributed by atoms with Crippen LogP contribution in [0.15, 0.2) is 52.4 Å². The largest absolute Gasteiger partial charge is 0.368 e. The molecule has 3 aromatic rings. The van der Waals surface area contributed by atoms with Gasteiger partial charge in [0.1, 0.15) is 17.4 Å². The fourth-order valence-electron chi connectivity index (χ4n) is 2.64. The summed E-state index contributed by atoms with van der Waals surface area (Å²) in [5.41, 5.74) is 8.81. The maximum absolute atomic E-state index is 14.3. The van der Waals surface area contributed by atoms with Crippen LogP contribution in [0, 0.1) is 19.7 Å². The van der Waals surface area contributed by atoms with Gasteiger partial charge in [0, 0.05) is 10.0 Å². The van der Waals surface area contributed by atoms with Crippen molar-refractivity contribution in [3.05, 3.63) is 69.7 Å². The Morgan fingerprint density at radius 3 is 2.69 bits per heavy atom. The molecule has 2 aromatic carbocycles. The second kappa shape index (κ2) is 7.59. The second-order valence-corrected chi connectivity index (χ2v) is 7.83. The number of halogens is 2. The monoisotopic (exact) mass is 434 g/mol. The van der Waals surface area contributed by atoms with Crippen molar-refractivity contribution in [2.24, 2.45) is 5.73 Å². The average molecular weight is 435 g/mol.